The highest BCUT2D eigenvalue weighted by Gasteiger charge is 2.23. The SMILES string of the molecule is CNCC1CCN(c2nc(Br)cs2)C1. The maximum Gasteiger partial charge on any atom is 0.186 e. The first-order chi connectivity index (χ1) is 6.79. The van der Waals surface area contributed by atoms with Crippen molar-refractivity contribution in [3.8, 4) is 0 Å². The molecule has 0 aliphatic carbocycles. The molecule has 0 aromatic carbocycles. The van der Waals surface area contributed by atoms with E-state index in [0.29, 0.717) is 0 Å². The average Bonchev–Trinajstić information content (AvgIpc) is 2.74. The van der Waals surface area contributed by atoms with Crippen LogP contribution in [0.3, 0.4) is 0 Å². The third-order valence-corrected chi connectivity index (χ3v) is 4.12. The molecule has 1 saturated heterocycles. The first kappa shape index (κ1) is 10.4. The number of hydrogen-bond acceptors (Lipinski definition) is 4. The van der Waals surface area contributed by atoms with Crippen molar-refractivity contribution in [3.63, 3.8) is 0 Å². The highest BCUT2D eigenvalue weighted by atomic mass is 79.9. The van der Waals surface area contributed by atoms with E-state index in [1.165, 1.54) is 6.42 Å². The van der Waals surface area contributed by atoms with Crippen LogP contribution >= 0.6 is 27.3 Å². The fraction of sp³-hybridized carbons (Fsp3) is 0.667. The van der Waals surface area contributed by atoms with Crippen molar-refractivity contribution in [1.82, 2.24) is 10.3 Å². The molecular formula is C9H14BrN3S. The lowest BCUT2D eigenvalue weighted by Crippen LogP contribution is -2.24. The summed E-state index contributed by atoms with van der Waals surface area (Å²) < 4.78 is 0.953. The summed E-state index contributed by atoms with van der Waals surface area (Å²) in [6.07, 6.45) is 1.28. The number of thiazole rings is 1. The third kappa shape index (κ3) is 2.27. The molecule has 5 heteroatoms. The van der Waals surface area contributed by atoms with Crippen molar-refractivity contribution in [2.75, 3.05) is 31.6 Å². The lowest BCUT2D eigenvalue weighted by Gasteiger charge is -2.14. The number of hydrogen-bond donors (Lipinski definition) is 1. The average molecular weight is 276 g/mol. The van der Waals surface area contributed by atoms with Crippen LogP contribution in [0.2, 0.25) is 0 Å². The molecule has 78 valence electrons. The second-order valence-electron chi connectivity index (χ2n) is 3.61. The molecule has 3 nitrogen and oxygen atoms in total. The Labute approximate surface area is 96.7 Å². The van der Waals surface area contributed by atoms with Gasteiger partial charge in [-0.25, -0.2) is 4.98 Å². The van der Waals surface area contributed by atoms with Crippen LogP contribution in [0.5, 0.6) is 0 Å². The maximum atomic E-state index is 4.43. The van der Waals surface area contributed by atoms with E-state index in [4.69, 9.17) is 0 Å². The lowest BCUT2D eigenvalue weighted by atomic mass is 10.1. The lowest BCUT2D eigenvalue weighted by molar-refractivity contribution is 0.549. The van der Waals surface area contributed by atoms with Gasteiger partial charge in [-0.15, -0.1) is 11.3 Å². The Bertz CT molecular complexity index is 302. The number of nitrogens with one attached hydrogen (secondary N) is 1. The molecule has 1 aliphatic rings. The first-order valence-electron chi connectivity index (χ1n) is 4.80. The van der Waals surface area contributed by atoms with Crippen LogP contribution in [0.1, 0.15) is 6.42 Å². The van der Waals surface area contributed by atoms with Crippen LogP contribution in [-0.4, -0.2) is 31.7 Å². The van der Waals surface area contributed by atoms with Crippen molar-refractivity contribution < 1.29 is 0 Å². The zero-order valence-corrected chi connectivity index (χ0v) is 10.6. The second-order valence-corrected chi connectivity index (χ2v) is 5.26. The summed E-state index contributed by atoms with van der Waals surface area (Å²) in [4.78, 5) is 6.80. The Hall–Kier alpha value is -0.130. The van der Waals surface area contributed by atoms with Crippen molar-refractivity contribution in [1.29, 1.82) is 0 Å². The molecule has 1 aliphatic heterocycles. The minimum atomic E-state index is 0.780. The molecule has 1 aromatic heterocycles. The number of halogens is 1. The van der Waals surface area contributed by atoms with Crippen molar-refractivity contribution in [2.24, 2.45) is 5.92 Å². The molecule has 0 amide bonds. The Morgan fingerprint density at radius 2 is 2.64 bits per heavy atom. The molecule has 2 heterocycles. The van der Waals surface area contributed by atoms with Crippen LogP contribution in [-0.2, 0) is 0 Å². The quantitative estimate of drug-likeness (QED) is 0.914. The molecule has 1 aromatic rings. The Balaban J connectivity index is 1.95. The van der Waals surface area contributed by atoms with Gasteiger partial charge in [0.1, 0.15) is 4.60 Å². The molecular weight excluding hydrogens is 262 g/mol. The van der Waals surface area contributed by atoms with Gasteiger partial charge in [0.25, 0.3) is 0 Å². The Morgan fingerprint density at radius 1 is 1.79 bits per heavy atom. The molecule has 0 saturated carbocycles. The van der Waals surface area contributed by atoms with Gasteiger partial charge in [0.05, 0.1) is 0 Å². The van der Waals surface area contributed by atoms with Gasteiger partial charge in [0, 0.05) is 18.5 Å². The van der Waals surface area contributed by atoms with Gasteiger partial charge in [-0.3, -0.25) is 0 Å². The van der Waals surface area contributed by atoms with Gasteiger partial charge in [-0.1, -0.05) is 0 Å². The van der Waals surface area contributed by atoms with E-state index < -0.39 is 0 Å². The fourth-order valence-corrected chi connectivity index (χ4v) is 3.14. The van der Waals surface area contributed by atoms with Gasteiger partial charge in [-0.05, 0) is 41.9 Å². The van der Waals surface area contributed by atoms with Crippen LogP contribution in [0, 0.1) is 5.92 Å². The number of aromatic nitrogens is 1. The van der Waals surface area contributed by atoms with Gasteiger partial charge >= 0.3 is 0 Å². The summed E-state index contributed by atoms with van der Waals surface area (Å²) in [5.74, 6) is 0.780. The zero-order chi connectivity index (χ0) is 9.97. The van der Waals surface area contributed by atoms with Gasteiger partial charge in [-0.2, -0.15) is 0 Å². The summed E-state index contributed by atoms with van der Waals surface area (Å²) in [5.41, 5.74) is 0. The normalized spacial score (nSPS) is 21.9. The zero-order valence-electron chi connectivity index (χ0n) is 8.16. The number of nitrogens with zero attached hydrogens (tertiary/aromatic N) is 2. The monoisotopic (exact) mass is 275 g/mol. The highest BCUT2D eigenvalue weighted by molar-refractivity contribution is 9.10. The molecule has 0 spiro atoms. The molecule has 2 rings (SSSR count). The molecule has 14 heavy (non-hydrogen) atoms. The highest BCUT2D eigenvalue weighted by Crippen LogP contribution is 2.28. The van der Waals surface area contributed by atoms with E-state index in [1.54, 1.807) is 11.3 Å². The summed E-state index contributed by atoms with van der Waals surface area (Å²) >= 11 is 5.10. The number of rotatable bonds is 3. The topological polar surface area (TPSA) is 28.2 Å². The van der Waals surface area contributed by atoms with Crippen molar-refractivity contribution in [3.05, 3.63) is 9.98 Å². The minimum Gasteiger partial charge on any atom is -0.348 e. The van der Waals surface area contributed by atoms with E-state index in [-0.39, 0.29) is 0 Å². The van der Waals surface area contributed by atoms with Gasteiger partial charge in [0.15, 0.2) is 5.13 Å². The third-order valence-electron chi connectivity index (χ3n) is 2.51. The summed E-state index contributed by atoms with van der Waals surface area (Å²) in [7, 11) is 2.02. The molecule has 1 atom stereocenters. The second kappa shape index (κ2) is 4.59. The molecule has 0 radical (unpaired) electrons. The Kier molecular flexibility index (Phi) is 3.41. The predicted octanol–water partition coefficient (Wildman–Crippen LogP) is 1.95. The first-order valence-corrected chi connectivity index (χ1v) is 6.47. The molecule has 1 unspecified atom stereocenters. The fourth-order valence-electron chi connectivity index (χ4n) is 1.85. The van der Waals surface area contributed by atoms with Crippen LogP contribution in [0.4, 0.5) is 5.13 Å². The van der Waals surface area contributed by atoms with Gasteiger partial charge < -0.3 is 10.2 Å². The standard InChI is InChI=1S/C9H14BrN3S/c1-11-4-7-2-3-13(5-7)9-12-8(10)6-14-9/h6-7,11H,2-5H2,1H3. The van der Waals surface area contributed by atoms with Crippen LogP contribution in [0.15, 0.2) is 9.98 Å². The Morgan fingerprint density at radius 3 is 3.29 bits per heavy atom. The van der Waals surface area contributed by atoms with Gasteiger partial charge in [0.2, 0.25) is 0 Å². The van der Waals surface area contributed by atoms with Crippen molar-refractivity contribution >= 4 is 32.4 Å². The molecule has 0 bridgehead atoms. The van der Waals surface area contributed by atoms with Crippen LogP contribution < -0.4 is 10.2 Å². The van der Waals surface area contributed by atoms with E-state index in [9.17, 15) is 0 Å². The van der Waals surface area contributed by atoms with E-state index in [2.05, 4.69) is 31.1 Å². The number of anilines is 1. The van der Waals surface area contributed by atoms with Crippen LogP contribution in [0.25, 0.3) is 0 Å². The summed E-state index contributed by atoms with van der Waals surface area (Å²) in [5, 5.41) is 6.42. The maximum absolute atomic E-state index is 4.43. The summed E-state index contributed by atoms with van der Waals surface area (Å²) in [6, 6.07) is 0. The largest absolute Gasteiger partial charge is 0.348 e. The smallest absolute Gasteiger partial charge is 0.186 e. The van der Waals surface area contributed by atoms with Crippen molar-refractivity contribution in [2.45, 2.75) is 6.42 Å². The summed E-state index contributed by atoms with van der Waals surface area (Å²) in [6.45, 7) is 3.40. The van der Waals surface area contributed by atoms with E-state index >= 15 is 0 Å². The molecule has 1 fully saturated rings. The predicted molar refractivity (Wildman–Crippen MR) is 64.1 cm³/mol. The van der Waals surface area contributed by atoms with E-state index in [1.807, 2.05) is 12.4 Å². The minimum absolute atomic E-state index is 0.780. The van der Waals surface area contributed by atoms with E-state index in [0.717, 1.165) is 35.3 Å². The molecule has 1 N–H and O–H groups in total.